The summed E-state index contributed by atoms with van der Waals surface area (Å²) >= 11 is 0. The van der Waals surface area contributed by atoms with Gasteiger partial charge in [-0.05, 0) is 24.3 Å². The molecule has 0 atom stereocenters. The van der Waals surface area contributed by atoms with Crippen molar-refractivity contribution in [3.8, 4) is 5.75 Å². The number of benzene rings is 2. The Morgan fingerprint density at radius 2 is 1.64 bits per heavy atom. The Morgan fingerprint density at radius 1 is 1.00 bits per heavy atom. The standard InChI is InChI=1S/C15H15N3O3S/c1-17(2)22(19,20)15-16-13-10-6-7-11-14(13)18(15)21-12-8-4-3-5-9-12/h3-11H,1-2H3. The highest BCUT2D eigenvalue weighted by atomic mass is 32.2. The first kappa shape index (κ1) is 14.6. The minimum Gasteiger partial charge on any atom is -0.372 e. The molecule has 0 radical (unpaired) electrons. The van der Waals surface area contributed by atoms with Crippen LogP contribution in [0.25, 0.3) is 11.0 Å². The third-order valence-corrected chi connectivity index (χ3v) is 4.82. The highest BCUT2D eigenvalue weighted by Crippen LogP contribution is 2.22. The molecule has 0 aliphatic carbocycles. The van der Waals surface area contributed by atoms with Crippen molar-refractivity contribution in [3.05, 3.63) is 54.6 Å². The number of hydrogen-bond acceptors (Lipinski definition) is 4. The second-order valence-corrected chi connectivity index (χ2v) is 6.91. The first-order valence-corrected chi connectivity index (χ1v) is 8.07. The van der Waals surface area contributed by atoms with Gasteiger partial charge in [-0.2, -0.15) is 0 Å². The maximum absolute atomic E-state index is 12.5. The Labute approximate surface area is 128 Å². The molecule has 22 heavy (non-hydrogen) atoms. The fraction of sp³-hybridized carbons (Fsp3) is 0.133. The number of nitrogens with zero attached hydrogens (tertiary/aromatic N) is 3. The summed E-state index contributed by atoms with van der Waals surface area (Å²) < 4.78 is 27.3. The Bertz CT molecular complexity index is 902. The van der Waals surface area contributed by atoms with Gasteiger partial charge in [0.1, 0.15) is 5.52 Å². The van der Waals surface area contributed by atoms with Gasteiger partial charge in [0, 0.05) is 14.1 Å². The van der Waals surface area contributed by atoms with Crippen LogP contribution in [-0.4, -0.2) is 36.5 Å². The monoisotopic (exact) mass is 317 g/mol. The first-order valence-electron chi connectivity index (χ1n) is 6.63. The Hall–Kier alpha value is -2.38. The van der Waals surface area contributed by atoms with E-state index in [9.17, 15) is 8.42 Å². The molecule has 1 heterocycles. The van der Waals surface area contributed by atoms with Crippen LogP contribution in [0.4, 0.5) is 0 Å². The van der Waals surface area contributed by atoms with Gasteiger partial charge < -0.3 is 4.84 Å². The van der Waals surface area contributed by atoms with E-state index in [0.29, 0.717) is 16.8 Å². The van der Waals surface area contributed by atoms with Gasteiger partial charge in [-0.3, -0.25) is 0 Å². The summed E-state index contributed by atoms with van der Waals surface area (Å²) in [7, 11) is -0.810. The van der Waals surface area contributed by atoms with Crippen LogP contribution in [0.5, 0.6) is 5.75 Å². The molecular weight excluding hydrogens is 302 g/mol. The van der Waals surface area contributed by atoms with Gasteiger partial charge in [0.2, 0.25) is 0 Å². The van der Waals surface area contributed by atoms with Gasteiger partial charge in [0.25, 0.3) is 15.2 Å². The fourth-order valence-electron chi connectivity index (χ4n) is 1.98. The van der Waals surface area contributed by atoms with Gasteiger partial charge >= 0.3 is 0 Å². The van der Waals surface area contributed by atoms with Gasteiger partial charge in [-0.25, -0.2) is 17.7 Å². The molecule has 0 aliphatic rings. The van der Waals surface area contributed by atoms with Crippen molar-refractivity contribution in [2.24, 2.45) is 0 Å². The number of rotatable bonds is 4. The lowest BCUT2D eigenvalue weighted by Crippen LogP contribution is -2.26. The normalized spacial score (nSPS) is 12.0. The minimum absolute atomic E-state index is 0.150. The van der Waals surface area contributed by atoms with Crippen LogP contribution in [0, 0.1) is 0 Å². The average molecular weight is 317 g/mol. The van der Waals surface area contributed by atoms with Crippen LogP contribution < -0.4 is 4.84 Å². The number of para-hydroxylation sites is 3. The molecule has 0 aliphatic heterocycles. The van der Waals surface area contributed by atoms with Crippen molar-refractivity contribution < 1.29 is 13.3 Å². The summed E-state index contributed by atoms with van der Waals surface area (Å²) in [4.78, 5) is 9.96. The van der Waals surface area contributed by atoms with E-state index in [0.717, 1.165) is 4.31 Å². The summed E-state index contributed by atoms with van der Waals surface area (Å²) in [6.07, 6.45) is 0. The lowest BCUT2D eigenvalue weighted by Gasteiger charge is -2.13. The maximum Gasteiger partial charge on any atom is 0.279 e. The van der Waals surface area contributed by atoms with Gasteiger partial charge in [-0.1, -0.05) is 30.3 Å². The SMILES string of the molecule is CN(C)S(=O)(=O)c1nc2ccccc2n1Oc1ccccc1. The van der Waals surface area contributed by atoms with E-state index in [1.54, 1.807) is 36.4 Å². The zero-order valence-corrected chi connectivity index (χ0v) is 13.0. The van der Waals surface area contributed by atoms with Crippen LogP contribution in [-0.2, 0) is 10.0 Å². The van der Waals surface area contributed by atoms with Crippen molar-refractivity contribution >= 4 is 21.1 Å². The van der Waals surface area contributed by atoms with E-state index >= 15 is 0 Å². The van der Waals surface area contributed by atoms with E-state index in [-0.39, 0.29) is 5.16 Å². The summed E-state index contributed by atoms with van der Waals surface area (Å²) in [6.45, 7) is 0. The van der Waals surface area contributed by atoms with E-state index < -0.39 is 10.0 Å². The largest absolute Gasteiger partial charge is 0.372 e. The van der Waals surface area contributed by atoms with Crippen molar-refractivity contribution in [2.45, 2.75) is 5.16 Å². The van der Waals surface area contributed by atoms with E-state index in [2.05, 4.69) is 4.98 Å². The molecule has 114 valence electrons. The predicted octanol–water partition coefficient (Wildman–Crippen LogP) is 2.13. The molecule has 0 amide bonds. The number of hydrogen-bond donors (Lipinski definition) is 0. The van der Waals surface area contributed by atoms with E-state index in [1.807, 2.05) is 18.2 Å². The highest BCUT2D eigenvalue weighted by Gasteiger charge is 2.27. The molecule has 3 aromatic rings. The van der Waals surface area contributed by atoms with Crippen LogP contribution in [0.1, 0.15) is 0 Å². The first-order chi connectivity index (χ1) is 10.5. The molecule has 0 saturated carbocycles. The summed E-state index contributed by atoms with van der Waals surface area (Å²) in [5.74, 6) is 0.529. The number of aromatic nitrogens is 2. The molecule has 3 rings (SSSR count). The lowest BCUT2D eigenvalue weighted by atomic mass is 10.3. The van der Waals surface area contributed by atoms with Crippen molar-refractivity contribution in [1.82, 2.24) is 14.0 Å². The van der Waals surface area contributed by atoms with Crippen LogP contribution in [0.15, 0.2) is 59.8 Å². The molecule has 2 aromatic carbocycles. The molecule has 0 spiro atoms. The molecule has 0 bridgehead atoms. The van der Waals surface area contributed by atoms with Crippen LogP contribution in [0.2, 0.25) is 0 Å². The van der Waals surface area contributed by atoms with E-state index in [1.165, 1.54) is 18.8 Å². The third kappa shape index (κ3) is 2.44. The number of sulfonamides is 1. The molecular formula is C15H15N3O3S. The second kappa shape index (κ2) is 5.43. The predicted molar refractivity (Wildman–Crippen MR) is 83.1 cm³/mol. The van der Waals surface area contributed by atoms with Crippen LogP contribution >= 0.6 is 0 Å². The third-order valence-electron chi connectivity index (χ3n) is 3.14. The molecule has 0 N–H and O–H groups in total. The maximum atomic E-state index is 12.5. The zero-order chi connectivity index (χ0) is 15.7. The highest BCUT2D eigenvalue weighted by molar-refractivity contribution is 7.88. The number of imidazole rings is 1. The Morgan fingerprint density at radius 3 is 2.32 bits per heavy atom. The zero-order valence-electron chi connectivity index (χ0n) is 12.2. The summed E-state index contributed by atoms with van der Waals surface area (Å²) in [5, 5.41) is -0.150. The van der Waals surface area contributed by atoms with Gasteiger partial charge in [0.05, 0.1) is 5.52 Å². The molecule has 0 saturated heterocycles. The van der Waals surface area contributed by atoms with Crippen LogP contribution in [0.3, 0.4) is 0 Å². The molecule has 1 aromatic heterocycles. The quantitative estimate of drug-likeness (QED) is 0.739. The van der Waals surface area contributed by atoms with E-state index in [4.69, 9.17) is 4.84 Å². The molecule has 0 unspecified atom stereocenters. The molecule has 0 fully saturated rings. The molecule has 6 nitrogen and oxygen atoms in total. The Kier molecular flexibility index (Phi) is 3.59. The molecule has 7 heteroatoms. The Balaban J connectivity index is 2.22. The van der Waals surface area contributed by atoms with Crippen molar-refractivity contribution in [3.63, 3.8) is 0 Å². The average Bonchev–Trinajstić information content (AvgIpc) is 2.88. The fourth-order valence-corrected chi connectivity index (χ4v) is 2.87. The number of fused-ring (bicyclic) bond motifs is 1. The second-order valence-electron chi connectivity index (χ2n) is 4.87. The van der Waals surface area contributed by atoms with Gasteiger partial charge in [0.15, 0.2) is 5.75 Å². The van der Waals surface area contributed by atoms with Crippen molar-refractivity contribution in [1.29, 1.82) is 0 Å². The van der Waals surface area contributed by atoms with Gasteiger partial charge in [-0.15, -0.1) is 4.73 Å². The summed E-state index contributed by atoms with van der Waals surface area (Å²) in [5.41, 5.74) is 1.14. The van der Waals surface area contributed by atoms with Crippen molar-refractivity contribution in [2.75, 3.05) is 14.1 Å². The lowest BCUT2D eigenvalue weighted by molar-refractivity contribution is 0.197. The topological polar surface area (TPSA) is 64.4 Å². The minimum atomic E-state index is -3.73. The smallest absolute Gasteiger partial charge is 0.279 e. The summed E-state index contributed by atoms with van der Waals surface area (Å²) in [6, 6.07) is 16.1.